The number of rotatable bonds is 3. The van der Waals surface area contributed by atoms with E-state index in [1.54, 1.807) is 0 Å². The summed E-state index contributed by atoms with van der Waals surface area (Å²) in [6.07, 6.45) is 4.10. The fraction of sp³-hybridized carbons (Fsp3) is 0.308. The lowest BCUT2D eigenvalue weighted by Crippen LogP contribution is -2.07. The van der Waals surface area contributed by atoms with Crippen LogP contribution in [0.5, 0.6) is 0 Å². The molecule has 0 fully saturated rings. The first kappa shape index (κ1) is 11.4. The maximum Gasteiger partial charge on any atom is 0.206 e. The maximum absolute atomic E-state index is 10.6. The first-order valence-corrected chi connectivity index (χ1v) is 5.67. The van der Waals surface area contributed by atoms with E-state index in [0.717, 1.165) is 24.2 Å². The van der Waals surface area contributed by atoms with Gasteiger partial charge in [0.1, 0.15) is 0 Å². The maximum atomic E-state index is 10.6. The summed E-state index contributed by atoms with van der Waals surface area (Å²) >= 11 is 6.21. The fourth-order valence-corrected chi connectivity index (χ4v) is 2.12. The van der Waals surface area contributed by atoms with Crippen molar-refractivity contribution < 1.29 is 4.79 Å². The summed E-state index contributed by atoms with van der Waals surface area (Å²) in [5.74, 6) is -0.220. The molecule has 1 aliphatic rings. The number of benzene rings is 1. The average molecular weight is 235 g/mol. The Morgan fingerprint density at radius 1 is 1.50 bits per heavy atom. The van der Waals surface area contributed by atoms with E-state index in [4.69, 9.17) is 11.6 Å². The standard InChI is InChI=1S/C13H13ClNO/c1-9(8-16)10-2-3-12(13(14)6-10)11-4-5-15-7-11/h2-4,6,9,15H,5,7H2,1H3. The van der Waals surface area contributed by atoms with Gasteiger partial charge in [0.15, 0.2) is 0 Å². The number of halogens is 1. The topological polar surface area (TPSA) is 29.1 Å². The predicted molar refractivity (Wildman–Crippen MR) is 66.4 cm³/mol. The van der Waals surface area contributed by atoms with Crippen LogP contribution in [-0.2, 0) is 4.79 Å². The van der Waals surface area contributed by atoms with Crippen molar-refractivity contribution >= 4 is 23.5 Å². The molecule has 83 valence electrons. The van der Waals surface area contributed by atoms with E-state index in [9.17, 15) is 4.79 Å². The lowest BCUT2D eigenvalue weighted by Gasteiger charge is -2.09. The molecule has 2 nitrogen and oxygen atoms in total. The molecule has 1 atom stereocenters. The van der Waals surface area contributed by atoms with E-state index in [-0.39, 0.29) is 5.92 Å². The molecule has 1 N–H and O–H groups in total. The highest BCUT2D eigenvalue weighted by Crippen LogP contribution is 2.28. The molecular formula is C13H13ClNO. The van der Waals surface area contributed by atoms with Gasteiger partial charge in [0, 0.05) is 24.0 Å². The third-order valence-electron chi connectivity index (χ3n) is 2.82. The van der Waals surface area contributed by atoms with E-state index < -0.39 is 0 Å². The molecule has 2 rings (SSSR count). The highest BCUT2D eigenvalue weighted by Gasteiger charge is 2.12. The molecule has 0 saturated carbocycles. The Labute approximate surface area is 100 Å². The van der Waals surface area contributed by atoms with Crippen molar-refractivity contribution in [1.82, 2.24) is 5.32 Å². The normalized spacial score (nSPS) is 17.0. The Balaban J connectivity index is 2.33. The minimum absolute atomic E-state index is 0.220. The van der Waals surface area contributed by atoms with Crippen molar-refractivity contribution in [3.63, 3.8) is 0 Å². The first-order chi connectivity index (χ1) is 7.72. The van der Waals surface area contributed by atoms with Crippen molar-refractivity contribution in [1.29, 1.82) is 0 Å². The van der Waals surface area contributed by atoms with Crippen molar-refractivity contribution in [3.8, 4) is 0 Å². The Hall–Kier alpha value is -1.12. The predicted octanol–water partition coefficient (Wildman–Crippen LogP) is 2.54. The van der Waals surface area contributed by atoms with Gasteiger partial charge in [-0.15, -0.1) is 0 Å². The van der Waals surface area contributed by atoms with Crippen LogP contribution in [0.25, 0.3) is 5.57 Å². The highest BCUT2D eigenvalue weighted by atomic mass is 35.5. The van der Waals surface area contributed by atoms with Crippen LogP contribution < -0.4 is 5.32 Å². The van der Waals surface area contributed by atoms with Crippen LogP contribution in [0, 0.1) is 0 Å². The Morgan fingerprint density at radius 3 is 2.88 bits per heavy atom. The lowest BCUT2D eigenvalue weighted by atomic mass is 9.98. The third kappa shape index (κ3) is 2.18. The summed E-state index contributed by atoms with van der Waals surface area (Å²) in [6, 6.07) is 5.77. The molecule has 0 aromatic heterocycles. The Kier molecular flexibility index (Phi) is 3.42. The lowest BCUT2D eigenvalue weighted by molar-refractivity contribution is 0.546. The van der Waals surface area contributed by atoms with Crippen LogP contribution in [0.2, 0.25) is 5.02 Å². The van der Waals surface area contributed by atoms with E-state index in [2.05, 4.69) is 11.4 Å². The second kappa shape index (κ2) is 4.81. The van der Waals surface area contributed by atoms with Gasteiger partial charge in [-0.1, -0.05) is 36.7 Å². The van der Waals surface area contributed by atoms with Crippen molar-refractivity contribution in [2.45, 2.75) is 12.8 Å². The van der Waals surface area contributed by atoms with Crippen LogP contribution in [0.4, 0.5) is 0 Å². The van der Waals surface area contributed by atoms with E-state index in [1.807, 2.05) is 31.4 Å². The van der Waals surface area contributed by atoms with Gasteiger partial charge in [0.25, 0.3) is 0 Å². The smallest absolute Gasteiger partial charge is 0.206 e. The first-order valence-electron chi connectivity index (χ1n) is 5.29. The van der Waals surface area contributed by atoms with E-state index >= 15 is 0 Å². The Bertz CT molecular complexity index is 440. The summed E-state index contributed by atoms with van der Waals surface area (Å²) in [5.41, 5.74) is 3.18. The molecule has 0 aliphatic carbocycles. The molecule has 3 heteroatoms. The van der Waals surface area contributed by atoms with Crippen LogP contribution in [0.1, 0.15) is 24.0 Å². The van der Waals surface area contributed by atoms with Gasteiger partial charge >= 0.3 is 0 Å². The largest absolute Gasteiger partial charge is 0.309 e. The zero-order valence-corrected chi connectivity index (χ0v) is 9.84. The van der Waals surface area contributed by atoms with Gasteiger partial charge in [-0.2, -0.15) is 0 Å². The summed E-state index contributed by atoms with van der Waals surface area (Å²) in [7, 11) is 0. The summed E-state index contributed by atoms with van der Waals surface area (Å²) in [5, 5.41) is 3.94. The second-order valence-corrected chi connectivity index (χ2v) is 4.35. The van der Waals surface area contributed by atoms with Gasteiger partial charge in [-0.3, -0.25) is 4.79 Å². The molecule has 1 unspecified atom stereocenters. The quantitative estimate of drug-likeness (QED) is 0.871. The number of hydrogen-bond donors (Lipinski definition) is 1. The van der Waals surface area contributed by atoms with E-state index in [1.165, 1.54) is 5.57 Å². The van der Waals surface area contributed by atoms with Crippen molar-refractivity contribution in [2.75, 3.05) is 13.1 Å². The minimum Gasteiger partial charge on any atom is -0.309 e. The van der Waals surface area contributed by atoms with E-state index in [0.29, 0.717) is 5.02 Å². The third-order valence-corrected chi connectivity index (χ3v) is 3.14. The molecule has 1 aliphatic heterocycles. The average Bonchev–Trinajstić information content (AvgIpc) is 2.81. The molecule has 0 saturated heterocycles. The number of nitrogens with one attached hydrogen (secondary N) is 1. The molecule has 1 aromatic carbocycles. The summed E-state index contributed by atoms with van der Waals surface area (Å²) in [6.45, 7) is 3.56. The van der Waals surface area contributed by atoms with Gasteiger partial charge in [0.2, 0.25) is 6.29 Å². The Morgan fingerprint density at radius 2 is 2.31 bits per heavy atom. The fourth-order valence-electron chi connectivity index (χ4n) is 1.81. The minimum atomic E-state index is -0.220. The van der Waals surface area contributed by atoms with Crippen LogP contribution in [-0.4, -0.2) is 19.4 Å². The van der Waals surface area contributed by atoms with Crippen LogP contribution in [0.15, 0.2) is 24.3 Å². The highest BCUT2D eigenvalue weighted by molar-refractivity contribution is 6.32. The molecule has 0 bridgehead atoms. The SMILES string of the molecule is CC([C]=O)c1ccc(C2=CCNC2)c(Cl)c1. The van der Waals surface area contributed by atoms with Crippen molar-refractivity contribution in [2.24, 2.45) is 0 Å². The monoisotopic (exact) mass is 234 g/mol. The molecule has 0 amide bonds. The number of hydrogen-bond acceptors (Lipinski definition) is 2. The second-order valence-electron chi connectivity index (χ2n) is 3.94. The molecule has 0 spiro atoms. The summed E-state index contributed by atoms with van der Waals surface area (Å²) < 4.78 is 0. The van der Waals surface area contributed by atoms with Crippen LogP contribution in [0.3, 0.4) is 0 Å². The molecule has 1 aromatic rings. The van der Waals surface area contributed by atoms with Gasteiger partial charge < -0.3 is 5.32 Å². The van der Waals surface area contributed by atoms with Gasteiger partial charge in [-0.05, 0) is 22.8 Å². The zero-order valence-electron chi connectivity index (χ0n) is 9.09. The number of carbonyl (C=O) groups excluding carboxylic acids is 1. The van der Waals surface area contributed by atoms with Gasteiger partial charge in [-0.25, -0.2) is 0 Å². The molecule has 1 heterocycles. The molecule has 1 radical (unpaired) electrons. The zero-order chi connectivity index (χ0) is 11.5. The summed E-state index contributed by atoms with van der Waals surface area (Å²) in [4.78, 5) is 10.6. The van der Waals surface area contributed by atoms with Gasteiger partial charge in [0.05, 0.1) is 0 Å². The van der Waals surface area contributed by atoms with Crippen LogP contribution >= 0.6 is 11.6 Å². The molecule has 16 heavy (non-hydrogen) atoms. The van der Waals surface area contributed by atoms with Crippen molar-refractivity contribution in [3.05, 3.63) is 40.4 Å². The molecular weight excluding hydrogens is 222 g/mol.